The third-order valence-electron chi connectivity index (χ3n) is 2.33. The topological polar surface area (TPSA) is 58.9 Å². The number of thioether (sulfide) groups is 1. The summed E-state index contributed by atoms with van der Waals surface area (Å²) >= 11 is 4.93. The molecule has 0 aliphatic heterocycles. The molecule has 18 heavy (non-hydrogen) atoms. The first-order valence-electron chi connectivity index (χ1n) is 5.39. The van der Waals surface area contributed by atoms with Crippen molar-refractivity contribution in [1.82, 2.24) is 0 Å². The van der Waals surface area contributed by atoms with E-state index in [0.717, 1.165) is 21.5 Å². The van der Waals surface area contributed by atoms with Gasteiger partial charge in [0.15, 0.2) is 0 Å². The second-order valence-corrected chi connectivity index (χ2v) is 5.53. The van der Waals surface area contributed by atoms with Crippen molar-refractivity contribution in [2.75, 3.05) is 26.6 Å². The molecule has 0 aliphatic carbocycles. The molecule has 0 fully saturated rings. The number of rotatable bonds is 7. The van der Waals surface area contributed by atoms with Crippen molar-refractivity contribution >= 4 is 27.7 Å². The molecule has 6 heteroatoms. The Kier molecular flexibility index (Phi) is 6.85. The number of methoxy groups -OCH3 is 2. The molecular weight excluding hydrogens is 320 g/mol. The third kappa shape index (κ3) is 4.35. The number of halogens is 1. The van der Waals surface area contributed by atoms with Gasteiger partial charge in [0.05, 0.1) is 31.4 Å². The van der Waals surface area contributed by atoms with Crippen molar-refractivity contribution in [3.05, 3.63) is 22.2 Å². The normalized spacial score (nSPS) is 12.3. The van der Waals surface area contributed by atoms with Crippen molar-refractivity contribution in [2.45, 2.75) is 11.9 Å². The maximum absolute atomic E-state index is 9.27. The van der Waals surface area contributed by atoms with Crippen LogP contribution >= 0.6 is 27.7 Å². The minimum Gasteiger partial charge on any atom is -0.496 e. The summed E-state index contributed by atoms with van der Waals surface area (Å²) in [5, 5.41) is 18.0. The van der Waals surface area contributed by atoms with Crippen molar-refractivity contribution < 1.29 is 19.7 Å². The highest BCUT2D eigenvalue weighted by atomic mass is 79.9. The second-order valence-electron chi connectivity index (χ2n) is 3.65. The zero-order valence-corrected chi connectivity index (χ0v) is 12.8. The summed E-state index contributed by atoms with van der Waals surface area (Å²) in [6.07, 6.45) is -0.682. The van der Waals surface area contributed by atoms with E-state index in [1.807, 2.05) is 12.1 Å². The van der Waals surface area contributed by atoms with Crippen LogP contribution < -0.4 is 9.47 Å². The van der Waals surface area contributed by atoms with E-state index >= 15 is 0 Å². The van der Waals surface area contributed by atoms with Gasteiger partial charge in [-0.2, -0.15) is 11.8 Å². The van der Waals surface area contributed by atoms with E-state index in [4.69, 9.17) is 14.6 Å². The molecule has 102 valence electrons. The lowest BCUT2D eigenvalue weighted by Gasteiger charge is -2.13. The fourth-order valence-electron chi connectivity index (χ4n) is 1.39. The molecule has 1 aromatic rings. The van der Waals surface area contributed by atoms with Gasteiger partial charge in [0.25, 0.3) is 0 Å². The van der Waals surface area contributed by atoms with Crippen molar-refractivity contribution in [1.29, 1.82) is 0 Å². The van der Waals surface area contributed by atoms with Crippen LogP contribution in [0.15, 0.2) is 16.6 Å². The van der Waals surface area contributed by atoms with Gasteiger partial charge < -0.3 is 19.7 Å². The molecule has 2 N–H and O–H groups in total. The minimum absolute atomic E-state index is 0.214. The van der Waals surface area contributed by atoms with Crippen LogP contribution in [0.2, 0.25) is 0 Å². The number of aliphatic hydroxyl groups is 2. The molecule has 0 amide bonds. The van der Waals surface area contributed by atoms with Gasteiger partial charge in [0.1, 0.15) is 11.5 Å². The monoisotopic (exact) mass is 336 g/mol. The molecule has 0 radical (unpaired) electrons. The Morgan fingerprint density at radius 2 is 1.94 bits per heavy atom. The fraction of sp³-hybridized carbons (Fsp3) is 0.500. The van der Waals surface area contributed by atoms with Crippen LogP contribution in [0.25, 0.3) is 0 Å². The fourth-order valence-corrected chi connectivity index (χ4v) is 2.82. The highest BCUT2D eigenvalue weighted by Gasteiger charge is 2.10. The molecular formula is C12H17BrO4S. The summed E-state index contributed by atoms with van der Waals surface area (Å²) in [5.41, 5.74) is 0.993. The number of hydrogen-bond donors (Lipinski definition) is 2. The van der Waals surface area contributed by atoms with Gasteiger partial charge in [0, 0.05) is 17.1 Å². The highest BCUT2D eigenvalue weighted by molar-refractivity contribution is 9.10. The Bertz CT molecular complexity index is 387. The Balaban J connectivity index is 2.74. The molecule has 1 rings (SSSR count). The highest BCUT2D eigenvalue weighted by Crippen LogP contribution is 2.34. The van der Waals surface area contributed by atoms with Gasteiger partial charge in [-0.1, -0.05) is 0 Å². The van der Waals surface area contributed by atoms with Gasteiger partial charge in [-0.15, -0.1) is 0 Å². The average Bonchev–Trinajstić information content (AvgIpc) is 2.39. The lowest BCUT2D eigenvalue weighted by molar-refractivity contribution is 0.113. The maximum Gasteiger partial charge on any atom is 0.133 e. The lowest BCUT2D eigenvalue weighted by atomic mass is 10.2. The standard InChI is InChI=1S/C12H17BrO4S/c1-16-11-4-10(13)12(17-2)3-8(11)6-18-7-9(15)5-14/h3-4,9,14-15H,5-7H2,1-2H3. The molecule has 4 nitrogen and oxygen atoms in total. The average molecular weight is 337 g/mol. The van der Waals surface area contributed by atoms with Crippen LogP contribution in [-0.2, 0) is 5.75 Å². The van der Waals surface area contributed by atoms with Crippen LogP contribution in [0, 0.1) is 0 Å². The number of aliphatic hydroxyl groups excluding tert-OH is 2. The summed E-state index contributed by atoms with van der Waals surface area (Å²) in [5.74, 6) is 2.69. The summed E-state index contributed by atoms with van der Waals surface area (Å²) in [6.45, 7) is -0.214. The Hall–Kier alpha value is -0.430. The van der Waals surface area contributed by atoms with Gasteiger partial charge in [-0.3, -0.25) is 0 Å². The van der Waals surface area contributed by atoms with E-state index in [1.54, 1.807) is 14.2 Å². The first-order chi connectivity index (χ1) is 8.62. The van der Waals surface area contributed by atoms with Gasteiger partial charge >= 0.3 is 0 Å². The third-order valence-corrected chi connectivity index (χ3v) is 4.09. The zero-order chi connectivity index (χ0) is 13.5. The van der Waals surface area contributed by atoms with Crippen molar-refractivity contribution in [3.63, 3.8) is 0 Å². The number of hydrogen-bond acceptors (Lipinski definition) is 5. The first kappa shape index (κ1) is 15.6. The predicted molar refractivity (Wildman–Crippen MR) is 76.5 cm³/mol. The Morgan fingerprint density at radius 3 is 2.50 bits per heavy atom. The van der Waals surface area contributed by atoms with Gasteiger partial charge in [-0.05, 0) is 28.1 Å². The first-order valence-corrected chi connectivity index (χ1v) is 7.34. The largest absolute Gasteiger partial charge is 0.496 e. The summed E-state index contributed by atoms with van der Waals surface area (Å²) < 4.78 is 11.4. The van der Waals surface area contributed by atoms with Crippen LogP contribution in [0.4, 0.5) is 0 Å². The molecule has 0 aliphatic rings. The number of benzene rings is 1. The molecule has 1 unspecified atom stereocenters. The molecule has 0 heterocycles. The van der Waals surface area contributed by atoms with Crippen LogP contribution in [0.1, 0.15) is 5.56 Å². The molecule has 1 aromatic carbocycles. The van der Waals surface area contributed by atoms with E-state index in [1.165, 1.54) is 11.8 Å². The predicted octanol–water partition coefficient (Wildman–Crippen LogP) is 2.05. The summed E-state index contributed by atoms with van der Waals surface area (Å²) in [6, 6.07) is 3.76. The lowest BCUT2D eigenvalue weighted by Crippen LogP contribution is -2.14. The second kappa shape index (κ2) is 7.89. The maximum atomic E-state index is 9.27. The molecule has 0 saturated carbocycles. The van der Waals surface area contributed by atoms with Crippen LogP contribution in [0.3, 0.4) is 0 Å². The van der Waals surface area contributed by atoms with E-state index in [2.05, 4.69) is 15.9 Å². The SMILES string of the molecule is COc1cc(CSCC(O)CO)c(OC)cc1Br. The summed E-state index contributed by atoms with van der Waals surface area (Å²) in [7, 11) is 3.23. The zero-order valence-electron chi connectivity index (χ0n) is 10.4. The van der Waals surface area contributed by atoms with Crippen LogP contribution in [0.5, 0.6) is 11.5 Å². The van der Waals surface area contributed by atoms with E-state index < -0.39 is 6.10 Å². The van der Waals surface area contributed by atoms with E-state index in [9.17, 15) is 5.11 Å². The Morgan fingerprint density at radius 1 is 1.28 bits per heavy atom. The molecule has 0 bridgehead atoms. The van der Waals surface area contributed by atoms with Crippen LogP contribution in [-0.4, -0.2) is 42.9 Å². The summed E-state index contributed by atoms with van der Waals surface area (Å²) in [4.78, 5) is 0. The van der Waals surface area contributed by atoms with Gasteiger partial charge in [0.2, 0.25) is 0 Å². The van der Waals surface area contributed by atoms with Crippen molar-refractivity contribution in [2.24, 2.45) is 0 Å². The van der Waals surface area contributed by atoms with Gasteiger partial charge in [-0.25, -0.2) is 0 Å². The smallest absolute Gasteiger partial charge is 0.133 e. The molecule has 1 atom stereocenters. The van der Waals surface area contributed by atoms with Crippen molar-refractivity contribution in [3.8, 4) is 11.5 Å². The quantitative estimate of drug-likeness (QED) is 0.798. The molecule has 0 saturated heterocycles. The Labute approximate surface area is 119 Å². The molecule has 0 spiro atoms. The molecule has 0 aromatic heterocycles. The van der Waals surface area contributed by atoms with E-state index in [-0.39, 0.29) is 6.61 Å². The van der Waals surface area contributed by atoms with E-state index in [0.29, 0.717) is 11.5 Å². The number of ether oxygens (including phenoxy) is 2. The minimum atomic E-state index is -0.682.